The first-order valence-electron chi connectivity index (χ1n) is 10.8. The number of amides is 1. The molecule has 1 amide bonds. The van der Waals surface area contributed by atoms with Crippen molar-refractivity contribution in [2.75, 3.05) is 46.7 Å². The Hall–Kier alpha value is -2.11. The Balaban J connectivity index is 1.71. The van der Waals surface area contributed by atoms with Crippen molar-refractivity contribution in [2.24, 2.45) is 0 Å². The largest absolute Gasteiger partial charge is 0.505 e. The highest BCUT2D eigenvalue weighted by atomic mass is 35.5. The molecule has 0 aliphatic heterocycles. The van der Waals surface area contributed by atoms with Gasteiger partial charge in [-0.3, -0.25) is 4.79 Å². The SMILES string of the molecule is COCCOCCOCCN(Cc1ccc(Cl)c(Cl)c1)C(=O)c1ncn(-c2cc(Cl)c(O)c(Cl)c2)n1. The first-order valence-corrected chi connectivity index (χ1v) is 12.3. The Morgan fingerprint density at radius 1 is 0.944 bits per heavy atom. The fraction of sp³-hybridized carbons (Fsp3) is 0.348. The molecule has 0 unspecified atom stereocenters. The van der Waals surface area contributed by atoms with Crippen LogP contribution in [-0.2, 0) is 20.8 Å². The van der Waals surface area contributed by atoms with Crippen LogP contribution in [0.2, 0.25) is 20.1 Å². The van der Waals surface area contributed by atoms with Gasteiger partial charge in [0.2, 0.25) is 5.82 Å². The monoisotopic (exact) mass is 576 g/mol. The average Bonchev–Trinajstić information content (AvgIpc) is 3.35. The Labute approximate surface area is 228 Å². The van der Waals surface area contributed by atoms with Gasteiger partial charge in [-0.2, -0.15) is 0 Å². The number of benzene rings is 2. The van der Waals surface area contributed by atoms with E-state index in [9.17, 15) is 9.90 Å². The lowest BCUT2D eigenvalue weighted by Crippen LogP contribution is -2.34. The predicted molar refractivity (Wildman–Crippen MR) is 138 cm³/mol. The number of nitrogens with zero attached hydrogens (tertiary/aromatic N) is 4. The molecule has 3 rings (SSSR count). The minimum Gasteiger partial charge on any atom is -0.505 e. The fourth-order valence-corrected chi connectivity index (χ4v) is 3.86. The molecular formula is C23H24Cl4N4O5. The van der Waals surface area contributed by atoms with Gasteiger partial charge in [0.25, 0.3) is 5.91 Å². The van der Waals surface area contributed by atoms with Crippen LogP contribution in [0.1, 0.15) is 16.2 Å². The van der Waals surface area contributed by atoms with E-state index in [1.165, 1.54) is 23.1 Å². The number of rotatable bonds is 13. The maximum Gasteiger partial charge on any atom is 0.293 e. The van der Waals surface area contributed by atoms with Crippen molar-refractivity contribution in [2.45, 2.75) is 6.54 Å². The van der Waals surface area contributed by atoms with Gasteiger partial charge in [-0.05, 0) is 29.8 Å². The van der Waals surface area contributed by atoms with Crippen LogP contribution in [0, 0.1) is 0 Å². The normalized spacial score (nSPS) is 11.1. The van der Waals surface area contributed by atoms with Gasteiger partial charge in [0.15, 0.2) is 5.75 Å². The summed E-state index contributed by atoms with van der Waals surface area (Å²) in [7, 11) is 1.60. The van der Waals surface area contributed by atoms with E-state index in [4.69, 9.17) is 60.6 Å². The van der Waals surface area contributed by atoms with Crippen molar-refractivity contribution >= 4 is 52.3 Å². The summed E-state index contributed by atoms with van der Waals surface area (Å²) in [6.45, 7) is 2.53. The molecule has 194 valence electrons. The smallest absolute Gasteiger partial charge is 0.293 e. The number of phenolic OH excluding ortho intramolecular Hbond substituents is 1. The van der Waals surface area contributed by atoms with E-state index in [1.807, 2.05) is 0 Å². The summed E-state index contributed by atoms with van der Waals surface area (Å²) in [5.41, 5.74) is 1.21. The summed E-state index contributed by atoms with van der Waals surface area (Å²) in [6, 6.07) is 8.07. The second-order valence-electron chi connectivity index (χ2n) is 7.46. The van der Waals surface area contributed by atoms with Crippen LogP contribution in [0.25, 0.3) is 5.69 Å². The van der Waals surface area contributed by atoms with Crippen molar-refractivity contribution in [3.8, 4) is 11.4 Å². The maximum absolute atomic E-state index is 13.3. The first kappa shape index (κ1) is 28.5. The van der Waals surface area contributed by atoms with E-state index in [1.54, 1.807) is 30.2 Å². The number of phenols is 1. The average molecular weight is 578 g/mol. The van der Waals surface area contributed by atoms with E-state index in [-0.39, 0.29) is 41.3 Å². The number of ether oxygens (including phenoxy) is 3. The molecule has 36 heavy (non-hydrogen) atoms. The molecule has 0 spiro atoms. The van der Waals surface area contributed by atoms with Crippen LogP contribution in [0.5, 0.6) is 5.75 Å². The first-order chi connectivity index (χ1) is 17.3. The Kier molecular flexibility index (Phi) is 11.1. The lowest BCUT2D eigenvalue weighted by atomic mass is 10.2. The van der Waals surface area contributed by atoms with Gasteiger partial charge in [0.1, 0.15) is 6.33 Å². The van der Waals surface area contributed by atoms with Crippen LogP contribution < -0.4 is 0 Å². The van der Waals surface area contributed by atoms with Crippen molar-refractivity contribution in [3.63, 3.8) is 0 Å². The molecule has 0 aliphatic carbocycles. The van der Waals surface area contributed by atoms with Crippen molar-refractivity contribution in [1.29, 1.82) is 0 Å². The molecule has 3 aromatic rings. The van der Waals surface area contributed by atoms with Crippen molar-refractivity contribution in [1.82, 2.24) is 19.7 Å². The molecule has 9 nitrogen and oxygen atoms in total. The molecule has 0 saturated carbocycles. The zero-order valence-electron chi connectivity index (χ0n) is 19.3. The number of aromatic nitrogens is 3. The highest BCUT2D eigenvalue weighted by molar-refractivity contribution is 6.42. The standard InChI is InChI=1S/C23H24Cl4N4O5/c1-34-6-7-36-9-8-35-5-4-30(13-15-2-3-17(24)18(25)10-15)23(33)22-28-14-31(29-22)16-11-19(26)21(32)20(27)12-16/h2-3,10-12,14,32H,4-9,13H2,1H3. The van der Waals surface area contributed by atoms with Crippen molar-refractivity contribution in [3.05, 3.63) is 68.1 Å². The molecule has 0 fully saturated rings. The van der Waals surface area contributed by atoms with Gasteiger partial charge in [0, 0.05) is 20.2 Å². The third-order valence-corrected chi connectivity index (χ3v) is 6.22. The minimum atomic E-state index is -0.421. The number of aromatic hydroxyl groups is 1. The second-order valence-corrected chi connectivity index (χ2v) is 9.09. The lowest BCUT2D eigenvalue weighted by Gasteiger charge is -2.22. The molecular weight excluding hydrogens is 554 g/mol. The molecule has 0 atom stereocenters. The van der Waals surface area contributed by atoms with E-state index >= 15 is 0 Å². The summed E-state index contributed by atoms with van der Waals surface area (Å²) in [5, 5.41) is 14.9. The van der Waals surface area contributed by atoms with E-state index in [2.05, 4.69) is 10.1 Å². The molecule has 1 heterocycles. The lowest BCUT2D eigenvalue weighted by molar-refractivity contribution is 0.0186. The third-order valence-electron chi connectivity index (χ3n) is 4.90. The molecule has 0 aliphatic rings. The van der Waals surface area contributed by atoms with Crippen LogP contribution in [0.3, 0.4) is 0 Å². The molecule has 0 radical (unpaired) electrons. The molecule has 0 bridgehead atoms. The number of methoxy groups -OCH3 is 1. The van der Waals surface area contributed by atoms with Crippen molar-refractivity contribution < 1.29 is 24.1 Å². The van der Waals surface area contributed by atoms with Gasteiger partial charge in [0.05, 0.1) is 58.8 Å². The van der Waals surface area contributed by atoms with E-state index in [0.29, 0.717) is 42.2 Å². The summed E-state index contributed by atoms with van der Waals surface area (Å²) in [4.78, 5) is 19.0. The topological polar surface area (TPSA) is 98.9 Å². The van der Waals surface area contributed by atoms with Crippen LogP contribution in [-0.4, -0.2) is 77.4 Å². The highest BCUT2D eigenvalue weighted by Gasteiger charge is 2.21. The quantitative estimate of drug-likeness (QED) is 0.288. The van der Waals surface area contributed by atoms with Crippen LogP contribution in [0.15, 0.2) is 36.7 Å². The number of carbonyl (C=O) groups is 1. The summed E-state index contributed by atoms with van der Waals surface area (Å²) in [5.74, 6) is -0.704. The van der Waals surface area contributed by atoms with Gasteiger partial charge in [-0.1, -0.05) is 52.5 Å². The fourth-order valence-electron chi connectivity index (χ4n) is 3.06. The van der Waals surface area contributed by atoms with Crippen LogP contribution >= 0.6 is 46.4 Å². The number of carbonyl (C=O) groups excluding carboxylic acids is 1. The maximum atomic E-state index is 13.3. The third kappa shape index (κ3) is 7.94. The Bertz CT molecular complexity index is 1150. The molecule has 0 saturated heterocycles. The van der Waals surface area contributed by atoms with Gasteiger partial charge < -0.3 is 24.2 Å². The van der Waals surface area contributed by atoms with Gasteiger partial charge in [-0.15, -0.1) is 5.10 Å². The number of halogens is 4. The summed E-state index contributed by atoms with van der Waals surface area (Å²) in [6.07, 6.45) is 1.36. The minimum absolute atomic E-state index is 0.0433. The highest BCUT2D eigenvalue weighted by Crippen LogP contribution is 2.33. The number of hydrogen-bond acceptors (Lipinski definition) is 7. The predicted octanol–water partition coefficient (Wildman–Crippen LogP) is 4.91. The zero-order chi connectivity index (χ0) is 26.1. The van der Waals surface area contributed by atoms with Gasteiger partial charge in [-0.25, -0.2) is 9.67 Å². The summed E-state index contributed by atoms with van der Waals surface area (Å²) >= 11 is 24.2. The number of hydrogen-bond donors (Lipinski definition) is 1. The molecule has 2 aromatic carbocycles. The molecule has 1 aromatic heterocycles. The van der Waals surface area contributed by atoms with Gasteiger partial charge >= 0.3 is 0 Å². The van der Waals surface area contributed by atoms with E-state index in [0.717, 1.165) is 5.56 Å². The molecule has 1 N–H and O–H groups in total. The Morgan fingerprint density at radius 2 is 1.61 bits per heavy atom. The zero-order valence-corrected chi connectivity index (χ0v) is 22.3. The summed E-state index contributed by atoms with van der Waals surface area (Å²) < 4.78 is 17.3. The second kappa shape index (κ2) is 14.0. The van der Waals surface area contributed by atoms with Crippen LogP contribution in [0.4, 0.5) is 0 Å². The van der Waals surface area contributed by atoms with E-state index < -0.39 is 5.91 Å². The molecule has 13 heteroatoms. The Morgan fingerprint density at radius 3 is 2.28 bits per heavy atom.